The predicted molar refractivity (Wildman–Crippen MR) is 82.0 cm³/mol. The van der Waals surface area contributed by atoms with Crippen molar-refractivity contribution in [2.45, 2.75) is 70.5 Å². The second-order valence-electron chi connectivity index (χ2n) is 7.51. The largest absolute Gasteiger partial charge is 0.459 e. The van der Waals surface area contributed by atoms with Crippen LogP contribution in [0.4, 0.5) is 26.3 Å². The number of esters is 1. The van der Waals surface area contributed by atoms with Crippen LogP contribution in [-0.2, 0) is 9.53 Å². The van der Waals surface area contributed by atoms with Gasteiger partial charge in [-0.3, -0.25) is 0 Å². The zero-order chi connectivity index (χ0) is 20.5. The molecule has 0 saturated heterocycles. The lowest BCUT2D eigenvalue weighted by molar-refractivity contribution is -0.265. The Bertz CT molecular complexity index is 524. The van der Waals surface area contributed by atoms with Crippen molar-refractivity contribution in [3.05, 3.63) is 12.2 Å². The summed E-state index contributed by atoms with van der Waals surface area (Å²) >= 11 is 0. The average molecular weight is 390 g/mol. The molecular formula is C17H24F6O3. The number of rotatable bonds is 5. The minimum Gasteiger partial charge on any atom is -0.459 e. The molecule has 1 aliphatic carbocycles. The van der Waals surface area contributed by atoms with Crippen LogP contribution in [-0.4, -0.2) is 35.1 Å². The third-order valence-electron chi connectivity index (χ3n) is 4.78. The topological polar surface area (TPSA) is 46.5 Å². The summed E-state index contributed by atoms with van der Waals surface area (Å²) in [7, 11) is 0. The Kier molecular flexibility index (Phi) is 6.82. The van der Waals surface area contributed by atoms with E-state index in [1.165, 1.54) is 6.92 Å². The van der Waals surface area contributed by atoms with E-state index >= 15 is 0 Å². The fraction of sp³-hybridized carbons (Fsp3) is 0.824. The van der Waals surface area contributed by atoms with Gasteiger partial charge in [0.25, 0.3) is 0 Å². The van der Waals surface area contributed by atoms with Crippen LogP contribution in [0.1, 0.15) is 46.5 Å². The van der Waals surface area contributed by atoms with Crippen LogP contribution < -0.4 is 0 Å². The van der Waals surface area contributed by atoms with Gasteiger partial charge < -0.3 is 9.84 Å². The van der Waals surface area contributed by atoms with Crippen molar-refractivity contribution in [3.8, 4) is 0 Å². The van der Waals surface area contributed by atoms with Crippen LogP contribution >= 0.6 is 0 Å². The second kappa shape index (κ2) is 7.78. The van der Waals surface area contributed by atoms with Crippen LogP contribution in [0.3, 0.4) is 0 Å². The number of ether oxygens (including phenoxy) is 1. The van der Waals surface area contributed by atoms with Gasteiger partial charge >= 0.3 is 18.3 Å². The summed E-state index contributed by atoms with van der Waals surface area (Å²) in [6, 6.07) is 0. The molecule has 1 fully saturated rings. The van der Waals surface area contributed by atoms with Crippen molar-refractivity contribution in [3.63, 3.8) is 0 Å². The van der Waals surface area contributed by atoms with Gasteiger partial charge in [-0.2, -0.15) is 26.3 Å². The van der Waals surface area contributed by atoms with E-state index < -0.39 is 60.6 Å². The highest BCUT2D eigenvalue weighted by atomic mass is 19.4. The molecule has 0 aromatic rings. The highest BCUT2D eigenvalue weighted by Crippen LogP contribution is 2.46. The molecule has 0 amide bonds. The molecule has 0 aromatic heterocycles. The highest BCUT2D eigenvalue weighted by molar-refractivity contribution is 5.87. The van der Waals surface area contributed by atoms with Crippen molar-refractivity contribution in [1.82, 2.24) is 0 Å². The Morgan fingerprint density at radius 2 is 1.73 bits per heavy atom. The third kappa shape index (κ3) is 5.89. The summed E-state index contributed by atoms with van der Waals surface area (Å²) in [4.78, 5) is 11.8. The van der Waals surface area contributed by atoms with E-state index in [0.717, 1.165) is 0 Å². The van der Waals surface area contributed by atoms with E-state index in [0.29, 0.717) is 6.92 Å². The van der Waals surface area contributed by atoms with E-state index in [1.54, 1.807) is 6.92 Å². The van der Waals surface area contributed by atoms with Crippen LogP contribution in [0.2, 0.25) is 0 Å². The summed E-state index contributed by atoms with van der Waals surface area (Å²) < 4.78 is 83.4. The fourth-order valence-corrected chi connectivity index (χ4v) is 3.28. The van der Waals surface area contributed by atoms with E-state index in [4.69, 9.17) is 4.74 Å². The number of carbonyl (C=O) groups excluding carboxylic acids is 1. The Hall–Kier alpha value is -1.25. The molecule has 0 aromatic carbocycles. The Morgan fingerprint density at radius 3 is 2.15 bits per heavy atom. The number of hydrogen-bond acceptors (Lipinski definition) is 3. The molecule has 0 spiro atoms. The van der Waals surface area contributed by atoms with Gasteiger partial charge in [0.15, 0.2) is 5.60 Å². The zero-order valence-electron chi connectivity index (χ0n) is 14.9. The van der Waals surface area contributed by atoms with E-state index in [9.17, 15) is 36.2 Å². The predicted octanol–water partition coefficient (Wildman–Crippen LogP) is 4.79. The van der Waals surface area contributed by atoms with Crippen molar-refractivity contribution < 1.29 is 41.0 Å². The van der Waals surface area contributed by atoms with Gasteiger partial charge in [-0.05, 0) is 44.9 Å². The first-order chi connectivity index (χ1) is 11.5. The smallest absolute Gasteiger partial charge is 0.417 e. The first-order valence-electron chi connectivity index (χ1n) is 8.27. The van der Waals surface area contributed by atoms with Gasteiger partial charge in [0.1, 0.15) is 6.10 Å². The van der Waals surface area contributed by atoms with E-state index in [-0.39, 0.29) is 18.4 Å². The molecule has 5 atom stereocenters. The molecule has 0 radical (unpaired) electrons. The monoisotopic (exact) mass is 390 g/mol. The lowest BCUT2D eigenvalue weighted by atomic mass is 9.72. The summed E-state index contributed by atoms with van der Waals surface area (Å²) in [5.74, 6) is -4.02. The molecular weight excluding hydrogens is 366 g/mol. The quantitative estimate of drug-likeness (QED) is 0.417. The fourth-order valence-electron chi connectivity index (χ4n) is 3.28. The van der Waals surface area contributed by atoms with Crippen molar-refractivity contribution in [1.29, 1.82) is 0 Å². The molecule has 1 N–H and O–H groups in total. The molecule has 152 valence electrons. The molecule has 9 heteroatoms. The molecule has 1 rings (SSSR count). The zero-order valence-corrected chi connectivity index (χ0v) is 14.9. The van der Waals surface area contributed by atoms with Gasteiger partial charge in [-0.25, -0.2) is 4.79 Å². The number of carbonyl (C=O) groups is 1. The third-order valence-corrected chi connectivity index (χ3v) is 4.78. The second-order valence-corrected chi connectivity index (χ2v) is 7.51. The molecule has 1 saturated carbocycles. The number of halogens is 6. The maximum absolute atomic E-state index is 13.1. The Morgan fingerprint density at radius 1 is 1.19 bits per heavy atom. The molecule has 0 heterocycles. The Labute approximate surface area is 148 Å². The minimum absolute atomic E-state index is 0.0853. The first-order valence-corrected chi connectivity index (χ1v) is 8.27. The molecule has 26 heavy (non-hydrogen) atoms. The standard InChI is InChI=1S/C17H24F6O3/c1-9(2)14(24)26-13(8-15(4,25)17(21,22)23)11-5-10(3)6-12(7-11)16(18,19)20/h10-13,25H,1,5-8H2,2-4H3. The lowest BCUT2D eigenvalue weighted by Gasteiger charge is -2.40. The maximum Gasteiger partial charge on any atom is 0.417 e. The molecule has 1 aliphatic rings. The van der Waals surface area contributed by atoms with Gasteiger partial charge in [0.2, 0.25) is 0 Å². The van der Waals surface area contributed by atoms with Crippen molar-refractivity contribution in [2.75, 3.05) is 0 Å². The average Bonchev–Trinajstić information content (AvgIpc) is 2.43. The molecule has 0 aliphatic heterocycles. The maximum atomic E-state index is 13.1. The normalized spacial score (nSPS) is 28.2. The van der Waals surface area contributed by atoms with Crippen molar-refractivity contribution >= 4 is 5.97 Å². The van der Waals surface area contributed by atoms with Crippen LogP contribution in [0.25, 0.3) is 0 Å². The molecule has 0 bridgehead atoms. The summed E-state index contributed by atoms with van der Waals surface area (Å²) in [6.45, 7) is 6.70. The minimum atomic E-state index is -5.01. The van der Waals surface area contributed by atoms with E-state index in [1.807, 2.05) is 0 Å². The van der Waals surface area contributed by atoms with Gasteiger partial charge in [0, 0.05) is 12.0 Å². The van der Waals surface area contributed by atoms with Gasteiger partial charge in [-0.15, -0.1) is 0 Å². The summed E-state index contributed by atoms with van der Waals surface area (Å²) in [6.07, 6.45) is -12.4. The van der Waals surface area contributed by atoms with Crippen LogP contribution in [0, 0.1) is 17.8 Å². The molecule has 5 unspecified atom stereocenters. The number of hydrogen-bond donors (Lipinski definition) is 1. The Balaban J connectivity index is 3.10. The number of alkyl halides is 6. The van der Waals surface area contributed by atoms with E-state index in [2.05, 4.69) is 6.58 Å². The summed E-state index contributed by atoms with van der Waals surface area (Å²) in [5.41, 5.74) is -3.28. The first kappa shape index (κ1) is 22.8. The highest BCUT2D eigenvalue weighted by Gasteiger charge is 2.53. The van der Waals surface area contributed by atoms with Gasteiger partial charge in [0.05, 0.1) is 5.92 Å². The van der Waals surface area contributed by atoms with Crippen LogP contribution in [0.5, 0.6) is 0 Å². The number of aliphatic hydroxyl groups is 1. The van der Waals surface area contributed by atoms with Crippen molar-refractivity contribution in [2.24, 2.45) is 17.8 Å². The van der Waals surface area contributed by atoms with Gasteiger partial charge in [-0.1, -0.05) is 13.5 Å². The lowest BCUT2D eigenvalue weighted by Crippen LogP contribution is -2.48. The SMILES string of the molecule is C=C(C)C(=O)OC(CC(C)(O)C(F)(F)F)C1CC(C)CC(C(F)(F)F)C1. The van der Waals surface area contributed by atoms with Crippen LogP contribution in [0.15, 0.2) is 12.2 Å². The summed E-state index contributed by atoms with van der Waals surface area (Å²) in [5, 5.41) is 9.73. The molecule has 3 nitrogen and oxygen atoms in total.